The largest absolute Gasteiger partial charge is 0.493 e. The number of carbonyl (C=O) groups excluding carboxylic acids is 1. The zero-order chi connectivity index (χ0) is 21.0. The maximum absolute atomic E-state index is 12.4. The van der Waals surface area contributed by atoms with Crippen LogP contribution in [0.25, 0.3) is 0 Å². The first-order valence-corrected chi connectivity index (χ1v) is 10.2. The second-order valence-electron chi connectivity index (χ2n) is 7.98. The van der Waals surface area contributed by atoms with Gasteiger partial charge in [0.1, 0.15) is 0 Å². The fourth-order valence-corrected chi connectivity index (χ4v) is 2.78. The molecule has 6 heteroatoms. The molecule has 0 spiro atoms. The van der Waals surface area contributed by atoms with Gasteiger partial charge in [-0.3, -0.25) is 0 Å². The van der Waals surface area contributed by atoms with Crippen LogP contribution in [0.5, 0.6) is 17.2 Å². The topological polar surface area (TPSA) is 54.0 Å². The molecule has 1 rings (SSSR count). The number of methoxy groups -OCH3 is 2. The van der Waals surface area contributed by atoms with Crippen molar-refractivity contribution in [3.8, 4) is 17.2 Å². The molecule has 160 valence electrons. The molecule has 0 saturated heterocycles. The van der Waals surface area contributed by atoms with E-state index in [1.165, 1.54) is 12.8 Å². The molecule has 0 aliphatic rings. The molecule has 0 atom stereocenters. The minimum Gasteiger partial charge on any atom is -0.493 e. The number of unbranched alkanes of at least 4 members (excludes halogenated alkanes) is 4. The third-order valence-corrected chi connectivity index (χ3v) is 4.40. The predicted molar refractivity (Wildman–Crippen MR) is 112 cm³/mol. The summed E-state index contributed by atoms with van der Waals surface area (Å²) in [6.07, 6.45) is 6.32. The number of rotatable bonds is 14. The number of ether oxygens (including phenoxy) is 4. The van der Waals surface area contributed by atoms with Gasteiger partial charge < -0.3 is 23.4 Å². The minimum absolute atomic E-state index is 0.378. The number of nitrogens with zero attached hydrogens (tertiary/aromatic N) is 1. The van der Waals surface area contributed by atoms with Crippen molar-refractivity contribution in [2.75, 3.05) is 55.1 Å². The van der Waals surface area contributed by atoms with Gasteiger partial charge in [-0.1, -0.05) is 26.2 Å². The van der Waals surface area contributed by atoms with Crippen molar-refractivity contribution in [1.29, 1.82) is 0 Å². The van der Waals surface area contributed by atoms with Crippen molar-refractivity contribution < 1.29 is 28.2 Å². The first-order valence-electron chi connectivity index (χ1n) is 10.2. The Labute approximate surface area is 170 Å². The molecular weight excluding hydrogens is 358 g/mol. The van der Waals surface area contributed by atoms with Crippen LogP contribution < -0.4 is 14.2 Å². The van der Waals surface area contributed by atoms with Gasteiger partial charge in [0, 0.05) is 0 Å². The van der Waals surface area contributed by atoms with E-state index < -0.39 is 0 Å². The number of carbonyl (C=O) groups is 1. The van der Waals surface area contributed by atoms with Gasteiger partial charge in [0.25, 0.3) is 0 Å². The van der Waals surface area contributed by atoms with Crippen molar-refractivity contribution in [3.63, 3.8) is 0 Å². The smallest absolute Gasteiger partial charge is 0.338 e. The quantitative estimate of drug-likeness (QED) is 0.266. The van der Waals surface area contributed by atoms with Crippen molar-refractivity contribution in [2.45, 2.75) is 45.4 Å². The molecule has 0 aliphatic heterocycles. The van der Waals surface area contributed by atoms with Crippen molar-refractivity contribution in [3.05, 3.63) is 17.7 Å². The summed E-state index contributed by atoms with van der Waals surface area (Å²) in [4.78, 5) is 12.4. The molecule has 0 fully saturated rings. The second-order valence-corrected chi connectivity index (χ2v) is 7.98. The summed E-state index contributed by atoms with van der Waals surface area (Å²) in [7, 11) is 9.56. The van der Waals surface area contributed by atoms with Crippen LogP contribution in [-0.2, 0) is 4.74 Å². The lowest BCUT2D eigenvalue weighted by Gasteiger charge is -2.23. The molecule has 0 saturated carbocycles. The molecule has 0 amide bonds. The van der Waals surface area contributed by atoms with Crippen molar-refractivity contribution in [2.24, 2.45) is 0 Å². The summed E-state index contributed by atoms with van der Waals surface area (Å²) >= 11 is 0. The van der Waals surface area contributed by atoms with E-state index in [1.54, 1.807) is 26.4 Å². The van der Waals surface area contributed by atoms with Crippen LogP contribution >= 0.6 is 0 Å². The van der Waals surface area contributed by atoms with Gasteiger partial charge in [0.05, 0.1) is 60.7 Å². The van der Waals surface area contributed by atoms with Crippen LogP contribution in [-0.4, -0.2) is 65.6 Å². The third-order valence-electron chi connectivity index (χ3n) is 4.40. The van der Waals surface area contributed by atoms with Crippen LogP contribution in [0, 0.1) is 0 Å². The maximum Gasteiger partial charge on any atom is 0.338 e. The summed E-state index contributed by atoms with van der Waals surface area (Å²) in [5.41, 5.74) is 0.402. The van der Waals surface area contributed by atoms with E-state index in [0.29, 0.717) is 36.0 Å². The Balaban J connectivity index is 2.67. The standard InChI is InChI=1S/C22H38NO5/c1-7-8-9-11-14-27-21-19(25-5)16-18(17-20(21)26-6)22(24)28-15-12-10-13-23(2,3)4/h16-17H,7-15H2,1-6H3/q+1. The van der Waals surface area contributed by atoms with E-state index in [1.807, 2.05) is 0 Å². The van der Waals surface area contributed by atoms with Gasteiger partial charge >= 0.3 is 5.97 Å². The Morgan fingerprint density at radius 2 is 1.50 bits per heavy atom. The normalized spacial score (nSPS) is 11.2. The SMILES string of the molecule is CCCCCCOc1c(OC)cc(C(=O)OCCCC[N+](C)(C)C)cc1OC. The molecule has 0 bridgehead atoms. The lowest BCUT2D eigenvalue weighted by molar-refractivity contribution is -0.870. The summed E-state index contributed by atoms with van der Waals surface area (Å²) < 4.78 is 23.0. The summed E-state index contributed by atoms with van der Waals surface area (Å²) in [6, 6.07) is 3.30. The Bertz CT molecular complexity index is 570. The number of hydrogen-bond donors (Lipinski definition) is 0. The highest BCUT2D eigenvalue weighted by molar-refractivity contribution is 5.91. The maximum atomic E-state index is 12.4. The molecule has 1 aromatic rings. The van der Waals surface area contributed by atoms with Crippen molar-refractivity contribution >= 4 is 5.97 Å². The average molecular weight is 397 g/mol. The zero-order valence-electron chi connectivity index (χ0n) is 18.5. The lowest BCUT2D eigenvalue weighted by Crippen LogP contribution is -2.35. The molecule has 1 aromatic carbocycles. The van der Waals surface area contributed by atoms with Gasteiger partial charge in [-0.25, -0.2) is 4.79 Å². The monoisotopic (exact) mass is 396 g/mol. The Hall–Kier alpha value is -1.95. The molecule has 0 N–H and O–H groups in total. The average Bonchev–Trinajstić information content (AvgIpc) is 2.66. The summed E-state index contributed by atoms with van der Waals surface area (Å²) in [5, 5.41) is 0. The van der Waals surface area contributed by atoms with Gasteiger partial charge in [0.2, 0.25) is 5.75 Å². The van der Waals surface area contributed by atoms with Gasteiger partial charge in [-0.15, -0.1) is 0 Å². The highest BCUT2D eigenvalue weighted by atomic mass is 16.5. The number of quaternary nitrogens is 1. The van der Waals surface area contributed by atoms with E-state index in [-0.39, 0.29) is 5.97 Å². The van der Waals surface area contributed by atoms with Crippen LogP contribution in [0.15, 0.2) is 12.1 Å². The Morgan fingerprint density at radius 1 is 0.893 bits per heavy atom. The molecule has 0 aliphatic carbocycles. The Morgan fingerprint density at radius 3 is 2.04 bits per heavy atom. The van der Waals surface area contributed by atoms with Gasteiger partial charge in [-0.05, 0) is 31.4 Å². The van der Waals surface area contributed by atoms with E-state index in [2.05, 4.69) is 28.1 Å². The number of hydrogen-bond acceptors (Lipinski definition) is 5. The fraction of sp³-hybridized carbons (Fsp3) is 0.682. The molecule has 0 aromatic heterocycles. The fourth-order valence-electron chi connectivity index (χ4n) is 2.78. The van der Waals surface area contributed by atoms with E-state index in [9.17, 15) is 4.79 Å². The summed E-state index contributed by atoms with van der Waals surface area (Å²) in [5.74, 6) is 1.11. The third kappa shape index (κ3) is 8.83. The highest BCUT2D eigenvalue weighted by Crippen LogP contribution is 2.39. The molecule has 0 unspecified atom stereocenters. The molecular formula is C22H38NO5+. The zero-order valence-corrected chi connectivity index (χ0v) is 18.5. The highest BCUT2D eigenvalue weighted by Gasteiger charge is 2.18. The first-order chi connectivity index (χ1) is 13.3. The molecule has 6 nitrogen and oxygen atoms in total. The van der Waals surface area contributed by atoms with Crippen LogP contribution in [0.1, 0.15) is 55.8 Å². The lowest BCUT2D eigenvalue weighted by atomic mass is 10.1. The van der Waals surface area contributed by atoms with Crippen LogP contribution in [0.3, 0.4) is 0 Å². The molecule has 28 heavy (non-hydrogen) atoms. The molecule has 0 radical (unpaired) electrons. The first kappa shape index (κ1) is 24.1. The molecule has 0 heterocycles. The second kappa shape index (κ2) is 12.5. The van der Waals surface area contributed by atoms with Crippen LogP contribution in [0.2, 0.25) is 0 Å². The predicted octanol–water partition coefficient (Wildman–Crippen LogP) is 4.31. The number of esters is 1. The van der Waals surface area contributed by atoms with Gasteiger partial charge in [0.15, 0.2) is 11.5 Å². The summed E-state index contributed by atoms with van der Waals surface area (Å²) in [6.45, 7) is 4.21. The van der Waals surface area contributed by atoms with Crippen LogP contribution in [0.4, 0.5) is 0 Å². The van der Waals surface area contributed by atoms with Gasteiger partial charge in [-0.2, -0.15) is 0 Å². The van der Waals surface area contributed by atoms with E-state index in [4.69, 9.17) is 18.9 Å². The number of benzene rings is 1. The Kier molecular flexibility index (Phi) is 10.8. The van der Waals surface area contributed by atoms with E-state index >= 15 is 0 Å². The minimum atomic E-state index is -0.378. The van der Waals surface area contributed by atoms with E-state index in [0.717, 1.165) is 36.7 Å². The van der Waals surface area contributed by atoms with Crippen molar-refractivity contribution in [1.82, 2.24) is 0 Å².